The molecule has 0 heterocycles. The van der Waals surface area contributed by atoms with E-state index in [1.54, 1.807) is 26.0 Å². The summed E-state index contributed by atoms with van der Waals surface area (Å²) >= 11 is 5.97. The standard InChI is InChI=1S/C15H18ClNO3/c1-9(2)7-14(18)17-11-5-6-13(16)12(8-11)15(19)20-10(3)4/h5-8,10H,1-4H3,(H,17,18). The van der Waals surface area contributed by atoms with Crippen LogP contribution in [0.4, 0.5) is 5.69 Å². The van der Waals surface area contributed by atoms with Gasteiger partial charge >= 0.3 is 5.97 Å². The molecule has 0 bridgehead atoms. The lowest BCUT2D eigenvalue weighted by molar-refractivity contribution is -0.111. The molecule has 1 aromatic carbocycles. The van der Waals surface area contributed by atoms with Gasteiger partial charge in [-0.25, -0.2) is 4.79 Å². The van der Waals surface area contributed by atoms with Crippen LogP contribution in [0.25, 0.3) is 0 Å². The Morgan fingerprint density at radius 2 is 1.95 bits per heavy atom. The van der Waals surface area contributed by atoms with Crippen LogP contribution in [-0.4, -0.2) is 18.0 Å². The van der Waals surface area contributed by atoms with Crippen LogP contribution in [0, 0.1) is 0 Å². The van der Waals surface area contributed by atoms with Crippen molar-refractivity contribution in [1.82, 2.24) is 0 Å². The summed E-state index contributed by atoms with van der Waals surface area (Å²) in [6.45, 7) is 7.16. The lowest BCUT2D eigenvalue weighted by Gasteiger charge is -2.10. The molecule has 0 fully saturated rings. The molecule has 0 aliphatic carbocycles. The summed E-state index contributed by atoms with van der Waals surface area (Å²) in [6, 6.07) is 4.69. The van der Waals surface area contributed by atoms with Gasteiger partial charge in [-0.15, -0.1) is 0 Å². The summed E-state index contributed by atoms with van der Waals surface area (Å²) in [7, 11) is 0. The third kappa shape index (κ3) is 5.05. The first kappa shape index (κ1) is 16.2. The van der Waals surface area contributed by atoms with Crippen molar-refractivity contribution in [2.75, 3.05) is 5.32 Å². The van der Waals surface area contributed by atoms with Crippen molar-refractivity contribution in [3.05, 3.63) is 40.4 Å². The Balaban J connectivity index is 2.94. The van der Waals surface area contributed by atoms with E-state index >= 15 is 0 Å². The fraction of sp³-hybridized carbons (Fsp3) is 0.333. The molecular weight excluding hydrogens is 278 g/mol. The SMILES string of the molecule is CC(C)=CC(=O)Nc1ccc(Cl)c(C(=O)OC(C)C)c1. The van der Waals surface area contributed by atoms with E-state index < -0.39 is 5.97 Å². The van der Waals surface area contributed by atoms with E-state index in [4.69, 9.17) is 16.3 Å². The van der Waals surface area contributed by atoms with Gasteiger partial charge in [0.2, 0.25) is 5.91 Å². The van der Waals surface area contributed by atoms with Crippen LogP contribution < -0.4 is 5.32 Å². The molecule has 0 spiro atoms. The van der Waals surface area contributed by atoms with Gasteiger partial charge in [0.1, 0.15) is 0 Å². The average Bonchev–Trinajstić information content (AvgIpc) is 2.29. The summed E-state index contributed by atoms with van der Waals surface area (Å²) in [5, 5.41) is 2.96. The number of hydrogen-bond donors (Lipinski definition) is 1. The number of benzene rings is 1. The third-order valence-electron chi connectivity index (χ3n) is 2.22. The fourth-order valence-electron chi connectivity index (χ4n) is 1.48. The van der Waals surface area contributed by atoms with E-state index in [1.807, 2.05) is 13.8 Å². The second-order valence-corrected chi connectivity index (χ2v) is 5.27. The first-order valence-corrected chi connectivity index (χ1v) is 6.64. The minimum atomic E-state index is -0.511. The molecule has 1 aromatic rings. The number of esters is 1. The third-order valence-corrected chi connectivity index (χ3v) is 2.55. The Bertz CT molecular complexity index is 546. The molecule has 0 radical (unpaired) electrons. The molecule has 0 atom stereocenters. The molecule has 0 aliphatic rings. The first-order valence-electron chi connectivity index (χ1n) is 6.26. The van der Waals surface area contributed by atoms with Crippen molar-refractivity contribution >= 4 is 29.2 Å². The molecule has 1 rings (SSSR count). The van der Waals surface area contributed by atoms with Gasteiger partial charge in [0.25, 0.3) is 0 Å². The maximum atomic E-state index is 11.9. The average molecular weight is 296 g/mol. The molecule has 4 nitrogen and oxygen atoms in total. The summed E-state index contributed by atoms with van der Waals surface area (Å²) in [6.07, 6.45) is 1.24. The van der Waals surface area contributed by atoms with Crippen LogP contribution >= 0.6 is 11.6 Å². The van der Waals surface area contributed by atoms with Gasteiger partial charge in [-0.3, -0.25) is 4.79 Å². The minimum absolute atomic E-state index is 0.232. The lowest BCUT2D eigenvalue weighted by Crippen LogP contribution is -2.13. The quantitative estimate of drug-likeness (QED) is 0.679. The number of amides is 1. The molecule has 0 aliphatic heterocycles. The highest BCUT2D eigenvalue weighted by Gasteiger charge is 2.14. The zero-order valence-corrected chi connectivity index (χ0v) is 12.7. The van der Waals surface area contributed by atoms with E-state index in [0.29, 0.717) is 5.69 Å². The van der Waals surface area contributed by atoms with E-state index in [-0.39, 0.29) is 22.6 Å². The van der Waals surface area contributed by atoms with Crippen LogP contribution in [0.1, 0.15) is 38.1 Å². The highest BCUT2D eigenvalue weighted by atomic mass is 35.5. The highest BCUT2D eigenvalue weighted by molar-refractivity contribution is 6.33. The Labute approximate surface area is 123 Å². The predicted molar refractivity (Wildman–Crippen MR) is 80.1 cm³/mol. The monoisotopic (exact) mass is 295 g/mol. The number of allylic oxidation sites excluding steroid dienone is 1. The summed E-state index contributed by atoms with van der Waals surface area (Å²) in [5.74, 6) is -0.765. The maximum Gasteiger partial charge on any atom is 0.339 e. The smallest absolute Gasteiger partial charge is 0.339 e. The van der Waals surface area contributed by atoms with Crippen molar-refractivity contribution in [2.24, 2.45) is 0 Å². The molecule has 0 saturated heterocycles. The van der Waals surface area contributed by atoms with Gasteiger partial charge < -0.3 is 10.1 Å². The van der Waals surface area contributed by atoms with Gasteiger partial charge in [-0.1, -0.05) is 17.2 Å². The second-order valence-electron chi connectivity index (χ2n) is 4.86. The Morgan fingerprint density at radius 1 is 1.30 bits per heavy atom. The maximum absolute atomic E-state index is 11.9. The zero-order chi connectivity index (χ0) is 15.3. The van der Waals surface area contributed by atoms with Crippen LogP contribution in [0.2, 0.25) is 5.02 Å². The number of anilines is 1. The number of halogens is 1. The fourth-order valence-corrected chi connectivity index (χ4v) is 1.67. The molecule has 0 aromatic heterocycles. The lowest BCUT2D eigenvalue weighted by atomic mass is 10.2. The Kier molecular flexibility index (Phi) is 5.77. The van der Waals surface area contributed by atoms with Gasteiger partial charge in [0.05, 0.1) is 16.7 Å². The first-order chi connectivity index (χ1) is 9.29. The van der Waals surface area contributed by atoms with Crippen molar-refractivity contribution in [2.45, 2.75) is 33.8 Å². The molecule has 0 saturated carbocycles. The minimum Gasteiger partial charge on any atom is -0.459 e. The molecule has 1 amide bonds. The second kappa shape index (κ2) is 7.10. The Morgan fingerprint density at radius 3 is 2.50 bits per heavy atom. The van der Waals surface area contributed by atoms with E-state index in [9.17, 15) is 9.59 Å². The molecule has 1 N–H and O–H groups in total. The number of ether oxygens (including phenoxy) is 1. The summed E-state index contributed by atoms with van der Waals surface area (Å²) < 4.78 is 5.09. The number of hydrogen-bond acceptors (Lipinski definition) is 3. The van der Waals surface area contributed by atoms with Gasteiger partial charge in [0.15, 0.2) is 0 Å². The highest BCUT2D eigenvalue weighted by Crippen LogP contribution is 2.22. The number of rotatable bonds is 4. The number of carbonyl (C=O) groups is 2. The number of carbonyl (C=O) groups excluding carboxylic acids is 2. The van der Waals surface area contributed by atoms with E-state index in [1.165, 1.54) is 12.1 Å². The van der Waals surface area contributed by atoms with Crippen molar-refractivity contribution in [3.8, 4) is 0 Å². The summed E-state index contributed by atoms with van der Waals surface area (Å²) in [5.41, 5.74) is 1.61. The topological polar surface area (TPSA) is 55.4 Å². The van der Waals surface area contributed by atoms with Gasteiger partial charge in [-0.2, -0.15) is 0 Å². The molecular formula is C15H18ClNO3. The van der Waals surface area contributed by atoms with Gasteiger partial charge in [-0.05, 0) is 45.9 Å². The van der Waals surface area contributed by atoms with Crippen LogP contribution in [0.15, 0.2) is 29.8 Å². The van der Waals surface area contributed by atoms with E-state index in [2.05, 4.69) is 5.32 Å². The molecule has 5 heteroatoms. The largest absolute Gasteiger partial charge is 0.459 e. The molecule has 108 valence electrons. The predicted octanol–water partition coefficient (Wildman–Crippen LogP) is 3.81. The van der Waals surface area contributed by atoms with Crippen molar-refractivity contribution in [1.29, 1.82) is 0 Å². The van der Waals surface area contributed by atoms with Crippen molar-refractivity contribution < 1.29 is 14.3 Å². The van der Waals surface area contributed by atoms with Crippen LogP contribution in [0.5, 0.6) is 0 Å². The Hall–Kier alpha value is -1.81. The van der Waals surface area contributed by atoms with Crippen LogP contribution in [-0.2, 0) is 9.53 Å². The van der Waals surface area contributed by atoms with Crippen LogP contribution in [0.3, 0.4) is 0 Å². The van der Waals surface area contributed by atoms with Gasteiger partial charge in [0, 0.05) is 11.8 Å². The molecule has 0 unspecified atom stereocenters. The zero-order valence-electron chi connectivity index (χ0n) is 12.0. The van der Waals surface area contributed by atoms with E-state index in [0.717, 1.165) is 5.57 Å². The number of nitrogens with one attached hydrogen (secondary N) is 1. The van der Waals surface area contributed by atoms with Crippen molar-refractivity contribution in [3.63, 3.8) is 0 Å². The normalized spacial score (nSPS) is 10.1. The summed E-state index contributed by atoms with van der Waals surface area (Å²) in [4.78, 5) is 23.5. The molecule has 20 heavy (non-hydrogen) atoms.